The predicted octanol–water partition coefficient (Wildman–Crippen LogP) is 5.04. The van der Waals surface area contributed by atoms with Crippen LogP contribution >= 0.6 is 11.3 Å². The normalized spacial score (nSPS) is 21.8. The molecular weight excluding hydrogens is 705 g/mol. The largest absolute Gasteiger partial charge is 0.464 e. The molecule has 14 heteroatoms. The van der Waals surface area contributed by atoms with Gasteiger partial charge in [-0.1, -0.05) is 19.9 Å². The lowest BCUT2D eigenvalue weighted by Crippen LogP contribution is -2.62. The minimum absolute atomic E-state index is 0.184. The summed E-state index contributed by atoms with van der Waals surface area (Å²) in [6.07, 6.45) is 3.58. The first-order valence-electron chi connectivity index (χ1n) is 19.0. The minimum atomic E-state index is -0.880. The Hall–Kier alpha value is -4.37. The van der Waals surface area contributed by atoms with Crippen LogP contribution in [0.4, 0.5) is 4.79 Å². The maximum atomic E-state index is 14.2. The van der Waals surface area contributed by atoms with Gasteiger partial charge in [-0.25, -0.2) is 15.2 Å². The van der Waals surface area contributed by atoms with E-state index in [1.807, 2.05) is 25.4 Å². The predicted molar refractivity (Wildman–Crippen MR) is 209 cm³/mol. The third kappa shape index (κ3) is 7.75. The number of hydrogen-bond donors (Lipinski definition) is 2. The van der Waals surface area contributed by atoms with Crippen LogP contribution in [0.5, 0.6) is 0 Å². The number of amides is 3. The number of nitrogens with zero attached hydrogens (tertiary/aromatic N) is 6. The van der Waals surface area contributed by atoms with Gasteiger partial charge < -0.3 is 29.2 Å². The molecule has 0 saturated carbocycles. The molecule has 6 heterocycles. The molecule has 13 nitrogen and oxygen atoms in total. The Morgan fingerprint density at radius 1 is 1.17 bits per heavy atom. The van der Waals surface area contributed by atoms with Gasteiger partial charge in [0.15, 0.2) is 0 Å². The van der Waals surface area contributed by atoms with Gasteiger partial charge in [0.05, 0.1) is 34.8 Å². The standard InChI is InChI=1S/C40H52N8O5S/c1-7-47-33-13-12-26-20-28(33)29(36(47)27-10-8-14-41-35(27)25(2)52-6)22-40(3,4)24-53-38(50)30-11-9-15-48(44-30)37(49)31(21-34-42-32(26)23-54-34)43-39(51)46-18-16-45(5)17-19-46/h8,10,12-14,20,23,25,30-31,44H,7,9,11,15-19,21-22,24H2,1-6H3,(H,43,51)/t25-,30-,31-/m0/s1. The first-order valence-corrected chi connectivity index (χ1v) is 19.9. The second-order valence-corrected chi connectivity index (χ2v) is 16.4. The zero-order valence-corrected chi connectivity index (χ0v) is 33.0. The van der Waals surface area contributed by atoms with Crippen LogP contribution in [0.25, 0.3) is 33.4 Å². The number of carbonyl (C=O) groups is 3. The summed E-state index contributed by atoms with van der Waals surface area (Å²) in [6, 6.07) is 8.70. The van der Waals surface area contributed by atoms with Crippen LogP contribution in [0.15, 0.2) is 41.9 Å². The second-order valence-electron chi connectivity index (χ2n) is 15.5. The number of thiazole rings is 1. The summed E-state index contributed by atoms with van der Waals surface area (Å²) in [7, 11) is 3.73. The van der Waals surface area contributed by atoms with Crippen LogP contribution in [-0.2, 0) is 38.4 Å². The Kier molecular flexibility index (Phi) is 11.1. The van der Waals surface area contributed by atoms with Crippen molar-refractivity contribution in [2.75, 3.05) is 53.5 Å². The third-order valence-electron chi connectivity index (χ3n) is 10.9. The van der Waals surface area contributed by atoms with E-state index in [-0.39, 0.29) is 31.1 Å². The van der Waals surface area contributed by atoms with E-state index in [0.29, 0.717) is 38.9 Å². The molecule has 2 fully saturated rings. The van der Waals surface area contributed by atoms with Gasteiger partial charge in [-0.05, 0) is 70.0 Å². The lowest BCUT2D eigenvalue weighted by atomic mass is 9.84. The fourth-order valence-electron chi connectivity index (χ4n) is 7.81. The third-order valence-corrected chi connectivity index (χ3v) is 11.8. The highest BCUT2D eigenvalue weighted by Gasteiger charge is 2.36. The number of urea groups is 1. The van der Waals surface area contributed by atoms with Crippen LogP contribution in [0, 0.1) is 5.41 Å². The smallest absolute Gasteiger partial charge is 0.324 e. The highest BCUT2D eigenvalue weighted by atomic mass is 32.1. The number of methoxy groups -OCH3 is 1. The molecule has 0 aliphatic carbocycles. The molecule has 0 radical (unpaired) electrons. The number of benzene rings is 1. The Morgan fingerprint density at radius 2 is 1.96 bits per heavy atom. The van der Waals surface area contributed by atoms with E-state index < -0.39 is 23.5 Å². The number of likely N-dealkylation sites (N-methyl/N-ethyl adjacent to an activating group) is 1. The van der Waals surface area contributed by atoms with Crippen LogP contribution < -0.4 is 10.7 Å². The molecule has 0 spiro atoms. The van der Waals surface area contributed by atoms with Crippen molar-refractivity contribution in [3.63, 3.8) is 0 Å². The Bertz CT molecular complexity index is 2020. The van der Waals surface area contributed by atoms with Crippen LogP contribution in [0.2, 0.25) is 0 Å². The number of ether oxygens (including phenoxy) is 2. The number of fused-ring (bicyclic) bond motifs is 6. The Morgan fingerprint density at radius 3 is 2.72 bits per heavy atom. The molecule has 1 aromatic carbocycles. The molecule has 2 N–H and O–H groups in total. The van der Waals surface area contributed by atoms with Gasteiger partial charge >= 0.3 is 12.0 Å². The van der Waals surface area contributed by atoms with E-state index in [4.69, 9.17) is 19.4 Å². The van der Waals surface area contributed by atoms with Crippen molar-refractivity contribution in [1.82, 2.24) is 40.1 Å². The number of esters is 1. The molecule has 288 valence electrons. The van der Waals surface area contributed by atoms with Crippen LogP contribution in [-0.4, -0.2) is 113 Å². The van der Waals surface area contributed by atoms with Gasteiger partial charge in [0.25, 0.3) is 5.91 Å². The van der Waals surface area contributed by atoms with Crippen molar-refractivity contribution < 1.29 is 23.9 Å². The van der Waals surface area contributed by atoms with Crippen molar-refractivity contribution in [2.45, 2.75) is 78.1 Å². The summed E-state index contributed by atoms with van der Waals surface area (Å²) in [4.78, 5) is 55.2. The summed E-state index contributed by atoms with van der Waals surface area (Å²) < 4.78 is 14.2. The van der Waals surface area contributed by atoms with Crippen LogP contribution in [0.3, 0.4) is 0 Å². The molecular formula is C40H52N8O5S. The topological polar surface area (TPSA) is 134 Å². The monoisotopic (exact) mass is 756 g/mol. The van der Waals surface area contributed by atoms with Gasteiger partial charge in [0.1, 0.15) is 12.1 Å². The first-order chi connectivity index (χ1) is 26.0. The van der Waals surface area contributed by atoms with E-state index in [1.165, 1.54) is 16.3 Å². The molecule has 3 atom stereocenters. The molecule has 3 aromatic heterocycles. The number of nitrogens with one attached hydrogen (secondary N) is 2. The van der Waals surface area contributed by atoms with E-state index in [1.54, 1.807) is 18.2 Å². The van der Waals surface area contributed by atoms with E-state index in [9.17, 15) is 14.4 Å². The van der Waals surface area contributed by atoms with Gasteiger partial charge in [-0.15, -0.1) is 11.3 Å². The molecule has 4 aromatic rings. The fourth-order valence-corrected chi connectivity index (χ4v) is 8.66. The highest BCUT2D eigenvalue weighted by molar-refractivity contribution is 7.10. The maximum Gasteiger partial charge on any atom is 0.324 e. The van der Waals surface area contributed by atoms with E-state index in [2.05, 4.69) is 65.2 Å². The quantitative estimate of drug-likeness (QED) is 0.269. The molecule has 7 rings (SSSR count). The number of hydrazine groups is 1. The summed E-state index contributed by atoms with van der Waals surface area (Å²) in [5.74, 6) is -0.698. The van der Waals surface area contributed by atoms with Gasteiger partial charge in [0.2, 0.25) is 0 Å². The molecule has 54 heavy (non-hydrogen) atoms. The number of cyclic esters (lactones) is 1. The summed E-state index contributed by atoms with van der Waals surface area (Å²) >= 11 is 1.48. The Balaban J connectivity index is 1.33. The maximum absolute atomic E-state index is 14.2. The lowest BCUT2D eigenvalue weighted by Gasteiger charge is -2.37. The summed E-state index contributed by atoms with van der Waals surface area (Å²) in [6.45, 7) is 12.4. The highest BCUT2D eigenvalue weighted by Crippen LogP contribution is 2.42. The number of aryl methyl sites for hydroxylation is 1. The summed E-state index contributed by atoms with van der Waals surface area (Å²) in [5, 5.41) is 8.37. The average molecular weight is 757 g/mol. The number of carbonyl (C=O) groups excluding carboxylic acids is 3. The first kappa shape index (κ1) is 37.9. The van der Waals surface area contributed by atoms with Crippen molar-refractivity contribution in [3.05, 3.63) is 58.2 Å². The lowest BCUT2D eigenvalue weighted by molar-refractivity contribution is -0.155. The number of piperazine rings is 1. The summed E-state index contributed by atoms with van der Waals surface area (Å²) in [5.41, 5.74) is 9.65. The fraction of sp³-hybridized carbons (Fsp3) is 0.525. The zero-order valence-electron chi connectivity index (χ0n) is 32.2. The molecule has 2 saturated heterocycles. The van der Waals surface area contributed by atoms with Crippen molar-refractivity contribution in [1.29, 1.82) is 0 Å². The van der Waals surface area contributed by atoms with Gasteiger partial charge in [-0.3, -0.25) is 19.6 Å². The zero-order chi connectivity index (χ0) is 38.1. The van der Waals surface area contributed by atoms with Crippen LogP contribution in [0.1, 0.15) is 62.9 Å². The van der Waals surface area contributed by atoms with Crippen molar-refractivity contribution in [3.8, 4) is 22.5 Å². The number of hydrogen-bond acceptors (Lipinski definition) is 10. The SMILES string of the molecule is CCn1c(-c2cccnc2[C@H](C)OC)c2c3cc(ccc31)-c1csc(n1)C[C@H](NC(=O)N1CCN(C)CC1)C(=O)N1CCC[C@H](N1)C(=O)OCC(C)(C)C2. The molecule has 3 aliphatic rings. The van der Waals surface area contributed by atoms with Gasteiger partial charge in [-0.2, -0.15) is 0 Å². The van der Waals surface area contributed by atoms with E-state index in [0.717, 1.165) is 69.3 Å². The average Bonchev–Trinajstić information content (AvgIpc) is 3.77. The number of pyridine rings is 1. The Labute approximate surface area is 321 Å². The molecule has 0 unspecified atom stereocenters. The van der Waals surface area contributed by atoms with Crippen molar-refractivity contribution >= 4 is 40.1 Å². The van der Waals surface area contributed by atoms with E-state index >= 15 is 0 Å². The molecule has 3 aliphatic heterocycles. The molecule has 3 amide bonds. The number of aromatic nitrogens is 3. The second kappa shape index (κ2) is 15.8. The number of rotatable bonds is 5. The molecule has 6 bridgehead atoms. The van der Waals surface area contributed by atoms with Crippen molar-refractivity contribution in [2.24, 2.45) is 5.41 Å². The van der Waals surface area contributed by atoms with Gasteiger partial charge in [0, 0.05) is 91.8 Å². The minimum Gasteiger partial charge on any atom is -0.464 e.